The van der Waals surface area contributed by atoms with Crippen LogP contribution < -0.4 is 5.32 Å². The van der Waals surface area contributed by atoms with Gasteiger partial charge in [-0.15, -0.1) is 0 Å². The van der Waals surface area contributed by atoms with Crippen molar-refractivity contribution < 1.29 is 74.4 Å². The van der Waals surface area contributed by atoms with Crippen molar-refractivity contribution in [1.82, 2.24) is 5.32 Å². The highest BCUT2D eigenvalue weighted by atomic mass is 16.7. The van der Waals surface area contributed by atoms with E-state index in [0.29, 0.717) is 0 Å². The summed E-state index contributed by atoms with van der Waals surface area (Å²) in [5.74, 6) is -0.608. The maximum Gasteiger partial charge on any atom is 0.217 e. The summed E-state index contributed by atoms with van der Waals surface area (Å²) in [4.78, 5) is 11.6. The van der Waals surface area contributed by atoms with Crippen molar-refractivity contribution in [2.24, 2.45) is 0 Å². The van der Waals surface area contributed by atoms with E-state index in [1.807, 2.05) is 0 Å². The second-order valence-electron chi connectivity index (χ2n) is 9.05. The van der Waals surface area contributed by atoms with Crippen LogP contribution in [0.15, 0.2) is 0 Å². The van der Waals surface area contributed by atoms with Crippen molar-refractivity contribution in [2.45, 2.75) is 106 Å². The molecule has 3 heterocycles. The van der Waals surface area contributed by atoms with E-state index in [4.69, 9.17) is 23.7 Å². The van der Waals surface area contributed by atoms with Gasteiger partial charge in [0.05, 0.1) is 19.3 Å². The lowest BCUT2D eigenvalue weighted by atomic mass is 9.95. The van der Waals surface area contributed by atoms with Gasteiger partial charge in [0.2, 0.25) is 5.91 Å². The molecule has 16 nitrogen and oxygen atoms in total. The highest BCUT2D eigenvalue weighted by molar-refractivity contribution is 5.73. The average Bonchev–Trinajstić information content (AvgIpc) is 2.83. The van der Waals surface area contributed by atoms with Gasteiger partial charge < -0.3 is 75.0 Å². The number of nitrogens with one attached hydrogen (secondary N) is 1. The number of hydrogen-bond donors (Lipinski definition) is 10. The van der Waals surface area contributed by atoms with Gasteiger partial charge in [0, 0.05) is 6.92 Å². The van der Waals surface area contributed by atoms with Gasteiger partial charge >= 0.3 is 0 Å². The van der Waals surface area contributed by atoms with Gasteiger partial charge in [-0.25, -0.2) is 0 Å². The van der Waals surface area contributed by atoms with Crippen LogP contribution in [0.4, 0.5) is 0 Å². The zero-order valence-corrected chi connectivity index (χ0v) is 19.5. The summed E-state index contributed by atoms with van der Waals surface area (Å²) in [5, 5.41) is 93.7. The van der Waals surface area contributed by atoms with Gasteiger partial charge in [-0.2, -0.15) is 0 Å². The Balaban J connectivity index is 1.80. The molecule has 3 fully saturated rings. The predicted octanol–water partition coefficient (Wildman–Crippen LogP) is -6.40. The summed E-state index contributed by atoms with van der Waals surface area (Å²) in [6, 6.07) is -1.34. The summed E-state index contributed by atoms with van der Waals surface area (Å²) >= 11 is 0. The summed E-state index contributed by atoms with van der Waals surface area (Å²) in [5.41, 5.74) is 0. The Morgan fingerprint density at radius 2 is 1.28 bits per heavy atom. The van der Waals surface area contributed by atoms with Crippen LogP contribution >= 0.6 is 0 Å². The topological polar surface area (TPSA) is 257 Å². The van der Waals surface area contributed by atoms with Crippen LogP contribution in [0, 0.1) is 0 Å². The van der Waals surface area contributed by atoms with E-state index >= 15 is 0 Å². The molecule has 15 atom stereocenters. The third-order valence-electron chi connectivity index (χ3n) is 6.46. The van der Waals surface area contributed by atoms with Crippen molar-refractivity contribution in [3.63, 3.8) is 0 Å². The molecule has 0 saturated carbocycles. The summed E-state index contributed by atoms with van der Waals surface area (Å²) < 4.78 is 27.1. The van der Waals surface area contributed by atoms with E-state index < -0.39 is 111 Å². The van der Waals surface area contributed by atoms with E-state index in [1.54, 1.807) is 0 Å². The summed E-state index contributed by atoms with van der Waals surface area (Å²) in [7, 11) is 0. The predicted molar refractivity (Wildman–Crippen MR) is 111 cm³/mol. The molecule has 3 saturated heterocycles. The number of rotatable bonds is 7. The molecule has 16 heteroatoms. The molecule has 0 radical (unpaired) electrons. The number of aliphatic hydroxyl groups is 9. The van der Waals surface area contributed by atoms with Gasteiger partial charge in [-0.1, -0.05) is 0 Å². The Morgan fingerprint density at radius 1 is 0.722 bits per heavy atom. The first-order valence-electron chi connectivity index (χ1n) is 11.4. The molecule has 0 aromatic heterocycles. The fourth-order valence-electron chi connectivity index (χ4n) is 4.39. The number of amides is 1. The SMILES string of the molecule is CC(=O)N[C@H]1[C@@H](O[C@@H]2O[C@@H](C)[C@H](O)[C@@H](O[C@H]3O[C@H](CO)[C@@H](O)[C@H](O)[C@H]3O)[C@H]2O)[C@H](O)[C@@H](CO)O[C@H]1O. The van der Waals surface area contributed by atoms with E-state index in [9.17, 15) is 50.8 Å². The smallest absolute Gasteiger partial charge is 0.217 e. The van der Waals surface area contributed by atoms with E-state index in [-0.39, 0.29) is 0 Å². The van der Waals surface area contributed by atoms with Crippen LogP contribution in [0.25, 0.3) is 0 Å². The third-order valence-corrected chi connectivity index (χ3v) is 6.46. The minimum atomic E-state index is -1.82. The highest BCUT2D eigenvalue weighted by Gasteiger charge is 2.53. The quantitative estimate of drug-likeness (QED) is 0.147. The first kappa shape index (κ1) is 29.5. The van der Waals surface area contributed by atoms with Crippen molar-refractivity contribution in [3.8, 4) is 0 Å². The fourth-order valence-corrected chi connectivity index (χ4v) is 4.39. The normalized spacial score (nSPS) is 50.0. The van der Waals surface area contributed by atoms with Gasteiger partial charge in [-0.3, -0.25) is 4.79 Å². The van der Waals surface area contributed by atoms with Crippen molar-refractivity contribution in [3.05, 3.63) is 0 Å². The Morgan fingerprint density at radius 3 is 1.86 bits per heavy atom. The van der Waals surface area contributed by atoms with Gasteiger partial charge in [0.1, 0.15) is 67.1 Å². The van der Waals surface area contributed by atoms with Crippen LogP contribution in [0.5, 0.6) is 0 Å². The molecule has 3 rings (SSSR count). The second kappa shape index (κ2) is 12.2. The van der Waals surface area contributed by atoms with E-state index in [2.05, 4.69) is 5.32 Å². The Labute approximate surface area is 205 Å². The van der Waals surface area contributed by atoms with Gasteiger partial charge in [-0.05, 0) is 6.92 Å². The second-order valence-corrected chi connectivity index (χ2v) is 9.05. The standard InChI is InChI=1S/C20H35NO15/c1-5-10(25)17(36-19-14(29)13(28)11(26)7(3-22)34-19)15(30)20(32-5)35-16-9(21-6(2)24)18(31)33-8(4-23)12(16)27/h5,7-20,22-23,25-31H,3-4H2,1-2H3,(H,21,24)/t5-,7+,8+,9-,10-,11+,12+,13-,14+,15+,16+,17+,18+,19+,20-/m0/s1. The molecule has 0 unspecified atom stereocenters. The molecule has 0 bridgehead atoms. The largest absolute Gasteiger partial charge is 0.394 e. The average molecular weight is 529 g/mol. The number of ether oxygens (including phenoxy) is 5. The lowest BCUT2D eigenvalue weighted by Crippen LogP contribution is -2.68. The monoisotopic (exact) mass is 529 g/mol. The van der Waals surface area contributed by atoms with Crippen molar-refractivity contribution in [1.29, 1.82) is 0 Å². The zero-order chi connectivity index (χ0) is 26.9. The van der Waals surface area contributed by atoms with Crippen LogP contribution in [0.1, 0.15) is 13.8 Å². The molecular formula is C20H35NO15. The summed E-state index contributed by atoms with van der Waals surface area (Å²) in [6.45, 7) is 1.10. The van der Waals surface area contributed by atoms with Crippen LogP contribution in [0.3, 0.4) is 0 Å². The Bertz CT molecular complexity index is 729. The molecule has 3 aliphatic rings. The lowest BCUT2D eigenvalue weighted by molar-refractivity contribution is -0.370. The number of carbonyl (C=O) groups is 1. The van der Waals surface area contributed by atoms with E-state index in [1.165, 1.54) is 6.92 Å². The number of hydrogen-bond acceptors (Lipinski definition) is 15. The number of aliphatic hydroxyl groups excluding tert-OH is 9. The van der Waals surface area contributed by atoms with Gasteiger partial charge in [0.15, 0.2) is 18.9 Å². The summed E-state index contributed by atoms with van der Waals surface area (Å²) in [6.07, 6.45) is -21.9. The molecule has 0 aromatic rings. The molecule has 36 heavy (non-hydrogen) atoms. The first-order chi connectivity index (χ1) is 16.9. The Kier molecular flexibility index (Phi) is 9.97. The molecule has 0 aliphatic carbocycles. The maximum atomic E-state index is 11.6. The zero-order valence-electron chi connectivity index (χ0n) is 19.5. The van der Waals surface area contributed by atoms with Gasteiger partial charge in [0.25, 0.3) is 0 Å². The molecule has 1 amide bonds. The van der Waals surface area contributed by atoms with Crippen LogP contribution in [-0.4, -0.2) is 157 Å². The molecule has 10 N–H and O–H groups in total. The molecule has 0 spiro atoms. The third kappa shape index (κ3) is 5.97. The number of carbonyl (C=O) groups excluding carboxylic acids is 1. The van der Waals surface area contributed by atoms with Crippen LogP contribution in [0.2, 0.25) is 0 Å². The first-order valence-corrected chi connectivity index (χ1v) is 11.4. The van der Waals surface area contributed by atoms with Crippen LogP contribution in [-0.2, 0) is 28.5 Å². The minimum Gasteiger partial charge on any atom is -0.394 e. The Hall–Kier alpha value is -1.09. The minimum absolute atomic E-state index is 0.608. The molecule has 210 valence electrons. The van der Waals surface area contributed by atoms with E-state index in [0.717, 1.165) is 6.92 Å². The fraction of sp³-hybridized carbons (Fsp3) is 0.950. The molecule has 3 aliphatic heterocycles. The van der Waals surface area contributed by atoms with Crippen molar-refractivity contribution >= 4 is 5.91 Å². The molecular weight excluding hydrogens is 494 g/mol. The van der Waals surface area contributed by atoms with Crippen molar-refractivity contribution in [2.75, 3.05) is 13.2 Å². The molecule has 0 aromatic carbocycles. The maximum absolute atomic E-state index is 11.6. The lowest BCUT2D eigenvalue weighted by Gasteiger charge is -2.48. The highest BCUT2D eigenvalue weighted by Crippen LogP contribution is 2.32.